The van der Waals surface area contributed by atoms with Gasteiger partial charge in [0.25, 0.3) is 0 Å². The number of carboxylic acid groups (broad SMARTS) is 1. The van der Waals surface area contributed by atoms with E-state index < -0.39 is 23.0 Å². The molecule has 0 bridgehead atoms. The predicted octanol–water partition coefficient (Wildman–Crippen LogP) is 3.06. The average Bonchev–Trinajstić information content (AvgIpc) is 2.42. The van der Waals surface area contributed by atoms with Crippen LogP contribution in [0.2, 0.25) is 0 Å². The predicted molar refractivity (Wildman–Crippen MR) is 64.1 cm³/mol. The van der Waals surface area contributed by atoms with Crippen LogP contribution in [0.15, 0.2) is 12.1 Å². The summed E-state index contributed by atoms with van der Waals surface area (Å²) in [7, 11) is 0. The van der Waals surface area contributed by atoms with Crippen molar-refractivity contribution >= 4 is 12.3 Å². The van der Waals surface area contributed by atoms with Gasteiger partial charge >= 0.3 is 5.97 Å². The molecule has 0 unspecified atom stereocenters. The number of carbonyl (C=O) groups is 2. The molecule has 0 aromatic heterocycles. The van der Waals surface area contributed by atoms with E-state index in [-0.39, 0.29) is 11.1 Å². The molecular formula is C14H14F2O3. The molecule has 1 N–H and O–H groups in total. The Labute approximate surface area is 109 Å². The fourth-order valence-corrected chi connectivity index (χ4v) is 2.83. The second-order valence-electron chi connectivity index (χ2n) is 4.92. The normalized spacial score (nSPS) is 18.0. The van der Waals surface area contributed by atoms with E-state index in [9.17, 15) is 23.5 Å². The fraction of sp³-hybridized carbons (Fsp3) is 0.429. The highest BCUT2D eigenvalue weighted by molar-refractivity contribution is 5.87. The fourth-order valence-electron chi connectivity index (χ4n) is 2.83. The molecule has 0 heterocycles. The molecule has 19 heavy (non-hydrogen) atoms. The summed E-state index contributed by atoms with van der Waals surface area (Å²) in [6.07, 6.45) is 3.38. The summed E-state index contributed by atoms with van der Waals surface area (Å²) in [4.78, 5) is 22.6. The number of aldehydes is 1. The van der Waals surface area contributed by atoms with Crippen molar-refractivity contribution in [1.29, 1.82) is 0 Å². The SMILES string of the molecule is O=Cc1cc(F)c(F)cc1C1(C(=O)O)CCCCC1. The van der Waals surface area contributed by atoms with Crippen molar-refractivity contribution in [2.45, 2.75) is 37.5 Å². The molecule has 0 amide bonds. The van der Waals surface area contributed by atoms with Gasteiger partial charge < -0.3 is 5.11 Å². The van der Waals surface area contributed by atoms with Crippen molar-refractivity contribution in [3.8, 4) is 0 Å². The van der Waals surface area contributed by atoms with E-state index in [1.54, 1.807) is 0 Å². The van der Waals surface area contributed by atoms with Crippen LogP contribution in [0, 0.1) is 11.6 Å². The summed E-state index contributed by atoms with van der Waals surface area (Å²) in [5, 5.41) is 9.49. The van der Waals surface area contributed by atoms with Crippen LogP contribution in [0.1, 0.15) is 48.0 Å². The van der Waals surface area contributed by atoms with Gasteiger partial charge in [-0.1, -0.05) is 19.3 Å². The summed E-state index contributed by atoms with van der Waals surface area (Å²) < 4.78 is 26.6. The minimum absolute atomic E-state index is 0.0804. The Morgan fingerprint density at radius 2 is 1.74 bits per heavy atom. The molecule has 5 heteroatoms. The Morgan fingerprint density at radius 3 is 2.26 bits per heavy atom. The van der Waals surface area contributed by atoms with E-state index >= 15 is 0 Å². The summed E-state index contributed by atoms with van der Waals surface area (Å²) >= 11 is 0. The molecule has 1 aromatic rings. The van der Waals surface area contributed by atoms with Crippen molar-refractivity contribution in [3.63, 3.8) is 0 Å². The molecule has 0 spiro atoms. The quantitative estimate of drug-likeness (QED) is 0.857. The van der Waals surface area contributed by atoms with Gasteiger partial charge in [0, 0.05) is 5.56 Å². The molecule has 1 aliphatic carbocycles. The third-order valence-corrected chi connectivity index (χ3v) is 3.85. The topological polar surface area (TPSA) is 54.4 Å². The third-order valence-electron chi connectivity index (χ3n) is 3.85. The molecule has 102 valence electrons. The first-order valence-electron chi connectivity index (χ1n) is 6.19. The smallest absolute Gasteiger partial charge is 0.314 e. The molecule has 1 aromatic carbocycles. The average molecular weight is 268 g/mol. The standard InChI is InChI=1S/C14H14F2O3/c15-11-6-9(8-17)10(7-12(11)16)14(13(18)19)4-2-1-3-5-14/h6-8H,1-5H2,(H,18,19). The maximum absolute atomic E-state index is 13.4. The van der Waals surface area contributed by atoms with Crippen LogP contribution in [0.5, 0.6) is 0 Å². The molecule has 0 aliphatic heterocycles. The second kappa shape index (κ2) is 5.07. The zero-order valence-electron chi connectivity index (χ0n) is 10.3. The molecule has 3 nitrogen and oxygen atoms in total. The number of halogens is 2. The van der Waals surface area contributed by atoms with Crippen LogP contribution in [-0.2, 0) is 10.2 Å². The van der Waals surface area contributed by atoms with Crippen molar-refractivity contribution in [3.05, 3.63) is 34.9 Å². The third kappa shape index (κ3) is 2.25. The highest BCUT2D eigenvalue weighted by Crippen LogP contribution is 2.41. The molecule has 0 radical (unpaired) electrons. The van der Waals surface area contributed by atoms with Crippen LogP contribution in [0.4, 0.5) is 8.78 Å². The minimum atomic E-state index is -1.27. The molecule has 0 atom stereocenters. The summed E-state index contributed by atoms with van der Waals surface area (Å²) in [6.45, 7) is 0. The summed E-state index contributed by atoms with van der Waals surface area (Å²) in [5.74, 6) is -3.34. The zero-order valence-corrected chi connectivity index (χ0v) is 10.3. The van der Waals surface area contributed by atoms with Crippen LogP contribution in [0.3, 0.4) is 0 Å². The van der Waals surface area contributed by atoms with Gasteiger partial charge in [0.15, 0.2) is 11.6 Å². The Kier molecular flexibility index (Phi) is 3.64. The largest absolute Gasteiger partial charge is 0.481 e. The van der Waals surface area contributed by atoms with Crippen molar-refractivity contribution in [1.82, 2.24) is 0 Å². The molecule has 1 aliphatic rings. The first kappa shape index (κ1) is 13.6. The summed E-state index contributed by atoms with van der Waals surface area (Å²) in [5.41, 5.74) is -1.26. The zero-order chi connectivity index (χ0) is 14.0. The molecule has 0 saturated heterocycles. The maximum atomic E-state index is 13.4. The Hall–Kier alpha value is -1.78. The van der Waals surface area contributed by atoms with Crippen LogP contribution in [-0.4, -0.2) is 17.4 Å². The van der Waals surface area contributed by atoms with Gasteiger partial charge in [-0.15, -0.1) is 0 Å². The van der Waals surface area contributed by atoms with E-state index in [1.807, 2.05) is 0 Å². The van der Waals surface area contributed by atoms with Crippen LogP contribution >= 0.6 is 0 Å². The van der Waals surface area contributed by atoms with Gasteiger partial charge in [0.1, 0.15) is 6.29 Å². The number of hydrogen-bond acceptors (Lipinski definition) is 2. The van der Waals surface area contributed by atoms with Gasteiger partial charge in [-0.2, -0.15) is 0 Å². The van der Waals surface area contributed by atoms with Gasteiger partial charge in [0.2, 0.25) is 0 Å². The molecule has 2 rings (SSSR count). The van der Waals surface area contributed by atoms with E-state index in [0.717, 1.165) is 18.6 Å². The monoisotopic (exact) mass is 268 g/mol. The lowest BCUT2D eigenvalue weighted by atomic mass is 9.68. The van der Waals surface area contributed by atoms with E-state index in [0.29, 0.717) is 32.0 Å². The lowest BCUT2D eigenvalue weighted by molar-refractivity contribution is -0.145. The van der Waals surface area contributed by atoms with Gasteiger partial charge in [0.05, 0.1) is 5.41 Å². The lowest BCUT2D eigenvalue weighted by Crippen LogP contribution is -2.39. The summed E-state index contributed by atoms with van der Waals surface area (Å²) in [6, 6.07) is 1.63. The van der Waals surface area contributed by atoms with Crippen molar-refractivity contribution < 1.29 is 23.5 Å². The molecule has 1 saturated carbocycles. The van der Waals surface area contributed by atoms with Crippen molar-refractivity contribution in [2.75, 3.05) is 0 Å². The number of benzene rings is 1. The Bertz CT molecular complexity index is 520. The number of carboxylic acids is 1. The van der Waals surface area contributed by atoms with Crippen LogP contribution in [0.25, 0.3) is 0 Å². The number of aliphatic carboxylic acids is 1. The van der Waals surface area contributed by atoms with E-state index in [2.05, 4.69) is 0 Å². The van der Waals surface area contributed by atoms with Gasteiger partial charge in [-0.25, -0.2) is 8.78 Å². The molecular weight excluding hydrogens is 254 g/mol. The highest BCUT2D eigenvalue weighted by atomic mass is 19.2. The molecule has 1 fully saturated rings. The van der Waals surface area contributed by atoms with Gasteiger partial charge in [-0.3, -0.25) is 9.59 Å². The second-order valence-corrected chi connectivity index (χ2v) is 4.92. The number of hydrogen-bond donors (Lipinski definition) is 1. The van der Waals surface area contributed by atoms with Gasteiger partial charge in [-0.05, 0) is 30.5 Å². The lowest BCUT2D eigenvalue weighted by Gasteiger charge is -2.34. The van der Waals surface area contributed by atoms with E-state index in [4.69, 9.17) is 0 Å². The Morgan fingerprint density at radius 1 is 1.16 bits per heavy atom. The first-order chi connectivity index (χ1) is 9.01. The Balaban J connectivity index is 2.62. The van der Waals surface area contributed by atoms with Crippen LogP contribution < -0.4 is 0 Å². The first-order valence-corrected chi connectivity index (χ1v) is 6.19. The number of carbonyl (C=O) groups excluding carboxylic acids is 1. The van der Waals surface area contributed by atoms with Crippen molar-refractivity contribution in [2.24, 2.45) is 0 Å². The maximum Gasteiger partial charge on any atom is 0.314 e. The number of rotatable bonds is 3. The van der Waals surface area contributed by atoms with E-state index in [1.165, 1.54) is 0 Å². The highest BCUT2D eigenvalue weighted by Gasteiger charge is 2.43. The minimum Gasteiger partial charge on any atom is -0.481 e.